The van der Waals surface area contributed by atoms with Crippen LogP contribution in [-0.2, 0) is 9.53 Å². The summed E-state index contributed by atoms with van der Waals surface area (Å²) in [6.07, 6.45) is 11.3. The molecule has 1 aliphatic heterocycles. The van der Waals surface area contributed by atoms with Gasteiger partial charge in [0.1, 0.15) is 17.5 Å². The zero-order chi connectivity index (χ0) is 24.1. The highest BCUT2D eigenvalue weighted by atomic mass is 19.1. The molecule has 2 aliphatic rings. The maximum atomic E-state index is 13.8. The van der Waals surface area contributed by atoms with Crippen LogP contribution >= 0.6 is 0 Å². The normalized spacial score (nSPS) is 17.4. The topological polar surface area (TPSA) is 91.3 Å². The second kappa shape index (κ2) is 11.0. The van der Waals surface area contributed by atoms with E-state index in [-0.39, 0.29) is 5.82 Å². The number of aromatic amines is 1. The number of aliphatic carboxylic acids is 1. The monoisotopic (exact) mass is 468 g/mol. The molecule has 7 nitrogen and oxygen atoms in total. The van der Waals surface area contributed by atoms with Crippen molar-refractivity contribution < 1.29 is 19.0 Å². The molecule has 2 fully saturated rings. The molecule has 0 amide bonds. The molecule has 2 aromatic heterocycles. The van der Waals surface area contributed by atoms with Crippen molar-refractivity contribution in [3.63, 3.8) is 0 Å². The molecule has 1 saturated heterocycles. The van der Waals surface area contributed by atoms with E-state index in [2.05, 4.69) is 25.9 Å². The third-order valence-electron chi connectivity index (χ3n) is 6.49. The standard InChI is InChI=1S/C24H29FN4O.C2H4O2/c1-16-13-21-22(14-20(16)25)28-24(27-21)17-7-8-23(26-15-17)29-11-9-19(10-12-29)30-18-5-3-2-4-6-18;1-2(3)4/h7-8,13-15,18-19H,2-6,9-12H2,1H3,(H,27,28);1H3,(H,3,4). The summed E-state index contributed by atoms with van der Waals surface area (Å²) < 4.78 is 20.2. The van der Waals surface area contributed by atoms with E-state index in [4.69, 9.17) is 14.6 Å². The average molecular weight is 469 g/mol. The molecule has 8 heteroatoms. The lowest BCUT2D eigenvalue weighted by molar-refractivity contribution is -0.134. The first-order valence-electron chi connectivity index (χ1n) is 12.1. The van der Waals surface area contributed by atoms with E-state index in [9.17, 15) is 4.39 Å². The van der Waals surface area contributed by atoms with E-state index < -0.39 is 5.97 Å². The fourth-order valence-electron chi connectivity index (χ4n) is 4.68. The second-order valence-corrected chi connectivity index (χ2v) is 9.21. The third kappa shape index (κ3) is 6.11. The van der Waals surface area contributed by atoms with Crippen LogP contribution < -0.4 is 4.90 Å². The van der Waals surface area contributed by atoms with Crippen LogP contribution in [0.5, 0.6) is 0 Å². The Morgan fingerprint density at radius 2 is 1.79 bits per heavy atom. The number of nitrogens with zero attached hydrogens (tertiary/aromatic N) is 3. The number of piperidine rings is 1. The number of ether oxygens (including phenoxy) is 1. The first-order chi connectivity index (χ1) is 16.4. The van der Waals surface area contributed by atoms with Crippen LogP contribution in [0.25, 0.3) is 22.4 Å². The Morgan fingerprint density at radius 3 is 2.44 bits per heavy atom. The van der Waals surface area contributed by atoms with Crippen molar-refractivity contribution in [2.45, 2.75) is 71.0 Å². The highest BCUT2D eigenvalue weighted by molar-refractivity contribution is 5.80. The minimum absolute atomic E-state index is 0.232. The summed E-state index contributed by atoms with van der Waals surface area (Å²) in [4.78, 5) is 23.8. The molecule has 0 atom stereocenters. The average Bonchev–Trinajstić information content (AvgIpc) is 3.23. The Balaban J connectivity index is 0.000000636. The number of carbonyl (C=O) groups is 1. The molecule has 0 unspecified atom stereocenters. The number of carboxylic acids is 1. The Kier molecular flexibility index (Phi) is 7.77. The number of hydrogen-bond acceptors (Lipinski definition) is 5. The highest BCUT2D eigenvalue weighted by Crippen LogP contribution is 2.27. The van der Waals surface area contributed by atoms with Crippen molar-refractivity contribution in [3.05, 3.63) is 41.8 Å². The first kappa shape index (κ1) is 24.1. The van der Waals surface area contributed by atoms with Crippen LogP contribution in [-0.4, -0.2) is 51.3 Å². The van der Waals surface area contributed by atoms with Gasteiger partial charge in [0, 0.05) is 37.8 Å². The van der Waals surface area contributed by atoms with Gasteiger partial charge in [-0.25, -0.2) is 14.4 Å². The van der Waals surface area contributed by atoms with Gasteiger partial charge in [-0.1, -0.05) is 19.3 Å². The second-order valence-electron chi connectivity index (χ2n) is 9.21. The molecular weight excluding hydrogens is 435 g/mol. The number of anilines is 1. The molecule has 1 saturated carbocycles. The molecular formula is C26H33FN4O3. The van der Waals surface area contributed by atoms with Crippen LogP contribution in [0, 0.1) is 12.7 Å². The molecule has 2 N–H and O–H groups in total. The smallest absolute Gasteiger partial charge is 0.300 e. The molecule has 5 rings (SSSR count). The quantitative estimate of drug-likeness (QED) is 0.527. The van der Waals surface area contributed by atoms with Gasteiger partial charge in [-0.05, 0) is 56.4 Å². The summed E-state index contributed by atoms with van der Waals surface area (Å²) in [5.74, 6) is 0.645. The number of H-pyrrole nitrogens is 1. The van der Waals surface area contributed by atoms with Gasteiger partial charge in [-0.3, -0.25) is 4.79 Å². The first-order valence-corrected chi connectivity index (χ1v) is 12.1. The predicted octanol–water partition coefficient (Wildman–Crippen LogP) is 5.48. The van der Waals surface area contributed by atoms with Crippen LogP contribution in [0.1, 0.15) is 57.4 Å². The van der Waals surface area contributed by atoms with Gasteiger partial charge in [0.2, 0.25) is 0 Å². The number of fused-ring (bicyclic) bond motifs is 1. The number of aromatic nitrogens is 3. The fourth-order valence-corrected chi connectivity index (χ4v) is 4.68. The third-order valence-corrected chi connectivity index (χ3v) is 6.49. The lowest BCUT2D eigenvalue weighted by atomic mass is 9.97. The van der Waals surface area contributed by atoms with E-state index >= 15 is 0 Å². The predicted molar refractivity (Wildman–Crippen MR) is 131 cm³/mol. The van der Waals surface area contributed by atoms with Crippen molar-refractivity contribution in [3.8, 4) is 11.4 Å². The van der Waals surface area contributed by atoms with Crippen molar-refractivity contribution in [1.29, 1.82) is 0 Å². The summed E-state index contributed by atoms with van der Waals surface area (Å²) in [5, 5.41) is 7.42. The Morgan fingerprint density at radius 1 is 1.12 bits per heavy atom. The molecule has 0 spiro atoms. The molecule has 3 aromatic rings. The minimum Gasteiger partial charge on any atom is -0.481 e. The van der Waals surface area contributed by atoms with E-state index in [1.165, 1.54) is 38.2 Å². The number of hydrogen-bond donors (Lipinski definition) is 2. The van der Waals surface area contributed by atoms with E-state index in [1.807, 2.05) is 12.3 Å². The highest BCUT2D eigenvalue weighted by Gasteiger charge is 2.24. The van der Waals surface area contributed by atoms with Crippen molar-refractivity contribution >= 4 is 22.8 Å². The summed E-state index contributed by atoms with van der Waals surface area (Å²) in [7, 11) is 0. The molecule has 1 aliphatic carbocycles. The Hall–Kier alpha value is -3.00. The molecule has 0 radical (unpaired) electrons. The summed E-state index contributed by atoms with van der Waals surface area (Å²) in [5.41, 5.74) is 3.00. The van der Waals surface area contributed by atoms with Crippen LogP contribution in [0.2, 0.25) is 0 Å². The van der Waals surface area contributed by atoms with E-state index in [0.717, 1.165) is 49.8 Å². The lowest BCUT2D eigenvalue weighted by Gasteiger charge is -2.35. The number of nitrogens with one attached hydrogen (secondary N) is 1. The number of halogens is 1. The van der Waals surface area contributed by atoms with Crippen molar-refractivity contribution in [1.82, 2.24) is 15.0 Å². The number of benzene rings is 1. The largest absolute Gasteiger partial charge is 0.481 e. The van der Waals surface area contributed by atoms with Crippen LogP contribution in [0.15, 0.2) is 30.5 Å². The van der Waals surface area contributed by atoms with Gasteiger partial charge in [-0.2, -0.15) is 0 Å². The zero-order valence-corrected chi connectivity index (χ0v) is 19.9. The summed E-state index contributed by atoms with van der Waals surface area (Å²) in [6, 6.07) is 7.36. The Bertz CT molecular complexity index is 1060. The zero-order valence-electron chi connectivity index (χ0n) is 19.9. The molecule has 3 heterocycles. The number of carboxylic acid groups (broad SMARTS) is 1. The van der Waals surface area contributed by atoms with Gasteiger partial charge in [0.15, 0.2) is 0 Å². The number of pyridine rings is 1. The van der Waals surface area contributed by atoms with Gasteiger partial charge in [-0.15, -0.1) is 0 Å². The van der Waals surface area contributed by atoms with Crippen LogP contribution in [0.4, 0.5) is 10.2 Å². The molecule has 182 valence electrons. The molecule has 34 heavy (non-hydrogen) atoms. The maximum absolute atomic E-state index is 13.8. The number of rotatable bonds is 4. The SMILES string of the molecule is CC(=O)O.Cc1cc2[nH]c(-c3ccc(N4CCC(OC5CCCCC5)CC4)nc3)nc2cc1F. The maximum Gasteiger partial charge on any atom is 0.300 e. The minimum atomic E-state index is -0.833. The van der Waals surface area contributed by atoms with E-state index in [0.29, 0.717) is 29.1 Å². The van der Waals surface area contributed by atoms with Gasteiger partial charge in [0.25, 0.3) is 5.97 Å². The summed E-state index contributed by atoms with van der Waals surface area (Å²) in [6.45, 7) is 4.80. The number of aryl methyl sites for hydroxylation is 1. The molecule has 1 aromatic carbocycles. The van der Waals surface area contributed by atoms with E-state index in [1.54, 1.807) is 13.0 Å². The molecule has 0 bridgehead atoms. The Labute approximate surface area is 199 Å². The van der Waals surface area contributed by atoms with Gasteiger partial charge in [0.05, 0.1) is 23.2 Å². The fraction of sp³-hybridized carbons (Fsp3) is 0.500. The van der Waals surface area contributed by atoms with Crippen molar-refractivity contribution in [2.75, 3.05) is 18.0 Å². The van der Waals surface area contributed by atoms with Crippen LogP contribution in [0.3, 0.4) is 0 Å². The summed E-state index contributed by atoms with van der Waals surface area (Å²) >= 11 is 0. The van der Waals surface area contributed by atoms with Gasteiger partial charge >= 0.3 is 0 Å². The number of imidazole rings is 1. The lowest BCUT2D eigenvalue weighted by Crippen LogP contribution is -2.39. The van der Waals surface area contributed by atoms with Gasteiger partial charge < -0.3 is 19.7 Å². The van der Waals surface area contributed by atoms with Crippen molar-refractivity contribution in [2.24, 2.45) is 0 Å².